The predicted molar refractivity (Wildman–Crippen MR) is 80.0 cm³/mol. The molecule has 1 unspecified atom stereocenters. The zero-order chi connectivity index (χ0) is 13.1. The molecule has 0 heterocycles. The molecule has 5 saturated carbocycles. The van der Waals surface area contributed by atoms with Crippen molar-refractivity contribution in [1.29, 1.82) is 0 Å². The smallest absolute Gasteiger partial charge is 0.00975 e. The molecule has 0 aliphatic heterocycles. The summed E-state index contributed by atoms with van der Waals surface area (Å²) in [6.07, 6.45) is 15.5. The fourth-order valence-corrected chi connectivity index (χ4v) is 7.43. The van der Waals surface area contributed by atoms with E-state index in [4.69, 9.17) is 0 Å². The van der Waals surface area contributed by atoms with Gasteiger partial charge in [0, 0.05) is 6.04 Å². The van der Waals surface area contributed by atoms with Crippen molar-refractivity contribution in [2.45, 2.75) is 77.2 Å². The van der Waals surface area contributed by atoms with E-state index in [0.29, 0.717) is 5.41 Å². The molecule has 5 fully saturated rings. The molecular formula is C18H31N. The molecule has 1 N–H and O–H groups in total. The van der Waals surface area contributed by atoms with Crippen molar-refractivity contribution in [3.63, 3.8) is 0 Å². The third kappa shape index (κ3) is 1.63. The molecule has 108 valence electrons. The Kier molecular flexibility index (Phi) is 2.82. The second kappa shape index (κ2) is 4.23. The van der Waals surface area contributed by atoms with E-state index in [1.165, 1.54) is 25.7 Å². The molecule has 19 heavy (non-hydrogen) atoms. The van der Waals surface area contributed by atoms with Gasteiger partial charge in [-0.3, -0.25) is 0 Å². The Labute approximate surface area is 118 Å². The van der Waals surface area contributed by atoms with Gasteiger partial charge >= 0.3 is 0 Å². The number of hydrogen-bond donors (Lipinski definition) is 1. The normalized spacial score (nSPS) is 48.6. The van der Waals surface area contributed by atoms with Crippen molar-refractivity contribution in [2.24, 2.45) is 28.6 Å². The molecule has 0 saturated heterocycles. The minimum atomic E-state index is 0.651. The van der Waals surface area contributed by atoms with Gasteiger partial charge in [-0.05, 0) is 93.9 Å². The summed E-state index contributed by atoms with van der Waals surface area (Å²) in [5.74, 6) is 3.31. The first-order valence-electron chi connectivity index (χ1n) is 8.85. The average molecular weight is 261 g/mol. The van der Waals surface area contributed by atoms with E-state index in [1.807, 2.05) is 0 Å². The van der Waals surface area contributed by atoms with Gasteiger partial charge in [0.25, 0.3) is 0 Å². The van der Waals surface area contributed by atoms with Gasteiger partial charge in [0.1, 0.15) is 0 Å². The van der Waals surface area contributed by atoms with Crippen LogP contribution in [0.2, 0.25) is 0 Å². The molecule has 4 bridgehead atoms. The van der Waals surface area contributed by atoms with E-state index in [-0.39, 0.29) is 0 Å². The molecule has 5 aliphatic carbocycles. The van der Waals surface area contributed by atoms with Gasteiger partial charge in [-0.1, -0.05) is 12.8 Å². The maximum atomic E-state index is 3.67. The van der Waals surface area contributed by atoms with Crippen LogP contribution in [-0.2, 0) is 0 Å². The largest absolute Gasteiger partial charge is 0.317 e. The zero-order valence-electron chi connectivity index (χ0n) is 12.9. The fourth-order valence-electron chi connectivity index (χ4n) is 7.43. The summed E-state index contributed by atoms with van der Waals surface area (Å²) in [7, 11) is 2.20. The lowest BCUT2D eigenvalue weighted by Gasteiger charge is -2.65. The maximum absolute atomic E-state index is 3.67. The van der Waals surface area contributed by atoms with Crippen LogP contribution < -0.4 is 5.32 Å². The number of hydrogen-bond acceptors (Lipinski definition) is 1. The highest BCUT2D eigenvalue weighted by Gasteiger charge is 2.61. The third-order valence-corrected chi connectivity index (χ3v) is 7.85. The van der Waals surface area contributed by atoms with Crippen LogP contribution in [0, 0.1) is 28.6 Å². The van der Waals surface area contributed by atoms with E-state index in [0.717, 1.165) is 29.2 Å². The summed E-state index contributed by atoms with van der Waals surface area (Å²) in [6, 6.07) is 0.728. The highest BCUT2D eigenvalue weighted by Crippen LogP contribution is 2.70. The Balaban J connectivity index is 1.72. The summed E-state index contributed by atoms with van der Waals surface area (Å²) in [4.78, 5) is 0. The van der Waals surface area contributed by atoms with Crippen LogP contribution in [0.15, 0.2) is 0 Å². The highest BCUT2D eigenvalue weighted by atomic mass is 14.9. The van der Waals surface area contributed by atoms with Crippen molar-refractivity contribution >= 4 is 0 Å². The van der Waals surface area contributed by atoms with E-state index in [9.17, 15) is 0 Å². The third-order valence-electron chi connectivity index (χ3n) is 7.85. The van der Waals surface area contributed by atoms with Gasteiger partial charge in [-0.15, -0.1) is 0 Å². The molecule has 1 nitrogen and oxygen atoms in total. The summed E-state index contributed by atoms with van der Waals surface area (Å²) in [5.41, 5.74) is 1.39. The first-order valence-corrected chi connectivity index (χ1v) is 8.85. The van der Waals surface area contributed by atoms with Gasteiger partial charge in [0.05, 0.1) is 0 Å². The molecule has 1 atom stereocenters. The Morgan fingerprint density at radius 1 is 0.895 bits per heavy atom. The lowest BCUT2D eigenvalue weighted by Crippen LogP contribution is -2.59. The summed E-state index contributed by atoms with van der Waals surface area (Å²) >= 11 is 0. The summed E-state index contributed by atoms with van der Waals surface area (Å²) in [5, 5.41) is 3.67. The molecule has 0 aromatic rings. The minimum absolute atomic E-state index is 0.651. The molecule has 0 radical (unpaired) electrons. The van der Waals surface area contributed by atoms with Gasteiger partial charge in [-0.2, -0.15) is 0 Å². The molecule has 0 aromatic carbocycles. The second-order valence-electron chi connectivity index (χ2n) is 8.57. The lowest BCUT2D eigenvalue weighted by atomic mass is 9.41. The van der Waals surface area contributed by atoms with Gasteiger partial charge < -0.3 is 5.32 Å². The van der Waals surface area contributed by atoms with Gasteiger partial charge in [-0.25, -0.2) is 0 Å². The van der Waals surface area contributed by atoms with Crippen molar-refractivity contribution in [2.75, 3.05) is 7.05 Å². The first kappa shape index (κ1) is 12.7. The van der Waals surface area contributed by atoms with Crippen molar-refractivity contribution in [3.8, 4) is 0 Å². The topological polar surface area (TPSA) is 12.0 Å². The zero-order valence-corrected chi connectivity index (χ0v) is 12.9. The van der Waals surface area contributed by atoms with Crippen LogP contribution in [0.5, 0.6) is 0 Å². The van der Waals surface area contributed by atoms with Crippen LogP contribution in [0.1, 0.15) is 71.1 Å². The Morgan fingerprint density at radius 2 is 1.37 bits per heavy atom. The molecule has 5 aliphatic rings. The average Bonchev–Trinajstić information content (AvgIpc) is 2.87. The fraction of sp³-hybridized carbons (Fsp3) is 1.00. The van der Waals surface area contributed by atoms with Crippen LogP contribution in [0.25, 0.3) is 0 Å². The first-order chi connectivity index (χ1) is 9.17. The molecule has 1 heteroatoms. The molecular weight excluding hydrogens is 230 g/mol. The van der Waals surface area contributed by atoms with Crippen molar-refractivity contribution in [1.82, 2.24) is 5.32 Å². The number of nitrogens with one attached hydrogen (secondary N) is 1. The Hall–Kier alpha value is -0.0400. The van der Waals surface area contributed by atoms with Crippen LogP contribution in [-0.4, -0.2) is 13.1 Å². The van der Waals surface area contributed by atoms with Crippen molar-refractivity contribution < 1.29 is 0 Å². The quantitative estimate of drug-likeness (QED) is 0.795. The molecule has 5 rings (SSSR count). The van der Waals surface area contributed by atoms with Gasteiger partial charge in [0.2, 0.25) is 0 Å². The Bertz CT molecular complexity index is 317. The van der Waals surface area contributed by atoms with Crippen LogP contribution in [0.3, 0.4) is 0 Å². The molecule has 0 spiro atoms. The van der Waals surface area contributed by atoms with E-state index in [1.54, 1.807) is 38.5 Å². The predicted octanol–water partition coefficient (Wildman–Crippen LogP) is 4.37. The standard InChI is InChI=1S/C18H31N/c1-13(19-2)18(5-3-4-6-18)17-10-14-7-15(11-17)9-16(8-14)12-17/h13-16,19H,3-12H2,1-2H3. The van der Waals surface area contributed by atoms with E-state index in [2.05, 4.69) is 19.3 Å². The molecule has 0 aromatic heterocycles. The minimum Gasteiger partial charge on any atom is -0.317 e. The SMILES string of the molecule is CNC(C)C1(C23CC4CC(CC(C4)C2)C3)CCCC1. The Morgan fingerprint density at radius 3 is 1.79 bits per heavy atom. The monoisotopic (exact) mass is 261 g/mol. The van der Waals surface area contributed by atoms with Crippen LogP contribution >= 0.6 is 0 Å². The van der Waals surface area contributed by atoms with E-state index >= 15 is 0 Å². The molecule has 0 amide bonds. The maximum Gasteiger partial charge on any atom is 0.00975 e. The second-order valence-corrected chi connectivity index (χ2v) is 8.57. The van der Waals surface area contributed by atoms with Crippen molar-refractivity contribution in [3.05, 3.63) is 0 Å². The van der Waals surface area contributed by atoms with Crippen LogP contribution in [0.4, 0.5) is 0 Å². The highest BCUT2D eigenvalue weighted by molar-refractivity contribution is 5.12. The summed E-state index contributed by atoms with van der Waals surface area (Å²) in [6.45, 7) is 2.49. The van der Waals surface area contributed by atoms with Gasteiger partial charge in [0.15, 0.2) is 0 Å². The number of rotatable bonds is 3. The summed E-state index contributed by atoms with van der Waals surface area (Å²) < 4.78 is 0. The lowest BCUT2D eigenvalue weighted by molar-refractivity contribution is -0.140. The van der Waals surface area contributed by atoms with E-state index < -0.39 is 0 Å².